The van der Waals surface area contributed by atoms with Crippen LogP contribution < -0.4 is 4.72 Å². The van der Waals surface area contributed by atoms with Gasteiger partial charge in [-0.2, -0.15) is 4.98 Å². The van der Waals surface area contributed by atoms with E-state index in [1.807, 2.05) is 0 Å². The molecule has 6 nitrogen and oxygen atoms in total. The molecule has 0 radical (unpaired) electrons. The quantitative estimate of drug-likeness (QED) is 0.698. The Morgan fingerprint density at radius 1 is 1.31 bits per heavy atom. The lowest BCUT2D eigenvalue weighted by atomic mass is 9.85. The highest BCUT2D eigenvalue weighted by molar-refractivity contribution is 7.94. The number of anilines is 1. The second-order valence-corrected chi connectivity index (χ2v) is 9.13. The number of sulfonamides is 1. The van der Waals surface area contributed by atoms with E-state index in [9.17, 15) is 12.8 Å². The number of thiophene rings is 1. The first-order chi connectivity index (χ1) is 12.4. The van der Waals surface area contributed by atoms with Crippen molar-refractivity contribution in [2.75, 3.05) is 4.72 Å². The van der Waals surface area contributed by atoms with Crippen LogP contribution in [0.5, 0.6) is 0 Å². The summed E-state index contributed by atoms with van der Waals surface area (Å²) in [5, 5.41) is 5.61. The molecule has 0 atom stereocenters. The normalized spacial score (nSPS) is 15.0. The number of benzene rings is 1. The van der Waals surface area contributed by atoms with Gasteiger partial charge in [-0.25, -0.2) is 12.8 Å². The van der Waals surface area contributed by atoms with Crippen molar-refractivity contribution in [2.24, 2.45) is 0 Å². The van der Waals surface area contributed by atoms with E-state index in [-0.39, 0.29) is 9.90 Å². The van der Waals surface area contributed by atoms with Gasteiger partial charge in [-0.15, -0.1) is 11.3 Å². The number of aryl methyl sites for hydroxylation is 1. The van der Waals surface area contributed by atoms with Gasteiger partial charge in [-0.1, -0.05) is 17.6 Å². The highest BCUT2D eigenvalue weighted by Crippen LogP contribution is 2.36. The highest BCUT2D eigenvalue weighted by atomic mass is 32.2. The molecule has 0 bridgehead atoms. The minimum atomic E-state index is -3.82. The van der Waals surface area contributed by atoms with Crippen molar-refractivity contribution in [1.29, 1.82) is 0 Å². The summed E-state index contributed by atoms with van der Waals surface area (Å²) in [6.45, 7) is 1.61. The summed E-state index contributed by atoms with van der Waals surface area (Å²) in [5.74, 6) is 0.838. The molecular weight excluding hydrogens is 377 g/mol. The molecular formula is C17H16FN3O3S2. The fourth-order valence-electron chi connectivity index (χ4n) is 2.61. The molecule has 0 amide bonds. The van der Waals surface area contributed by atoms with Crippen molar-refractivity contribution < 1.29 is 17.3 Å². The second-order valence-electron chi connectivity index (χ2n) is 6.31. The van der Waals surface area contributed by atoms with Crippen LogP contribution in [0.3, 0.4) is 0 Å². The molecule has 0 unspecified atom stereocenters. The standard InChI is InChI=1S/C17H16FN3O3S2/c1-10-5-6-13(8-14(10)18)21-26(22,23)15-7-12(9-25-15)16-19-17(24-20-16)11-3-2-4-11/h5-9,11,21H,2-4H2,1H3. The first-order valence-corrected chi connectivity index (χ1v) is 10.5. The molecule has 2 heterocycles. The first-order valence-electron chi connectivity index (χ1n) is 8.14. The van der Waals surface area contributed by atoms with Crippen molar-refractivity contribution >= 4 is 27.0 Å². The molecule has 1 fully saturated rings. The van der Waals surface area contributed by atoms with E-state index in [0.717, 1.165) is 36.7 Å². The lowest BCUT2D eigenvalue weighted by Gasteiger charge is -2.20. The van der Waals surface area contributed by atoms with E-state index in [0.29, 0.717) is 28.8 Å². The van der Waals surface area contributed by atoms with E-state index in [1.54, 1.807) is 12.3 Å². The van der Waals surface area contributed by atoms with E-state index < -0.39 is 15.8 Å². The van der Waals surface area contributed by atoms with Gasteiger partial charge < -0.3 is 4.52 Å². The maximum absolute atomic E-state index is 13.6. The van der Waals surface area contributed by atoms with Gasteiger partial charge in [-0.05, 0) is 43.5 Å². The molecule has 4 rings (SSSR count). The molecule has 0 saturated heterocycles. The molecule has 1 saturated carbocycles. The van der Waals surface area contributed by atoms with E-state index in [4.69, 9.17) is 4.52 Å². The van der Waals surface area contributed by atoms with Crippen molar-refractivity contribution in [3.63, 3.8) is 0 Å². The Balaban J connectivity index is 1.56. The number of halogens is 1. The van der Waals surface area contributed by atoms with Crippen LogP contribution >= 0.6 is 11.3 Å². The highest BCUT2D eigenvalue weighted by Gasteiger charge is 2.26. The molecule has 1 aliphatic carbocycles. The van der Waals surface area contributed by atoms with Gasteiger partial charge in [0, 0.05) is 16.9 Å². The Morgan fingerprint density at radius 3 is 2.81 bits per heavy atom. The fourth-order valence-corrected chi connectivity index (χ4v) is 4.82. The maximum atomic E-state index is 13.6. The monoisotopic (exact) mass is 393 g/mol. The lowest BCUT2D eigenvalue weighted by molar-refractivity contribution is 0.292. The topological polar surface area (TPSA) is 85.1 Å². The zero-order chi connectivity index (χ0) is 18.3. The molecule has 2 aromatic heterocycles. The number of hydrogen-bond donors (Lipinski definition) is 1. The van der Waals surface area contributed by atoms with Gasteiger partial charge in [0.2, 0.25) is 11.7 Å². The van der Waals surface area contributed by atoms with Crippen LogP contribution in [-0.4, -0.2) is 18.6 Å². The Hall–Kier alpha value is -2.26. The summed E-state index contributed by atoms with van der Waals surface area (Å²) < 4.78 is 46.4. The average Bonchev–Trinajstić information content (AvgIpc) is 3.18. The van der Waals surface area contributed by atoms with Gasteiger partial charge in [0.05, 0.1) is 5.69 Å². The molecule has 1 aromatic carbocycles. The van der Waals surface area contributed by atoms with E-state index in [1.165, 1.54) is 18.2 Å². The summed E-state index contributed by atoms with van der Waals surface area (Å²) in [6.07, 6.45) is 3.25. The summed E-state index contributed by atoms with van der Waals surface area (Å²) in [7, 11) is -3.82. The summed E-state index contributed by atoms with van der Waals surface area (Å²) in [6, 6.07) is 5.70. The van der Waals surface area contributed by atoms with Crippen LogP contribution in [0.15, 0.2) is 38.4 Å². The summed E-state index contributed by atoms with van der Waals surface area (Å²) in [4.78, 5) is 4.37. The van der Waals surface area contributed by atoms with Crippen molar-refractivity contribution in [1.82, 2.24) is 10.1 Å². The molecule has 0 spiro atoms. The molecule has 1 N–H and O–H groups in total. The maximum Gasteiger partial charge on any atom is 0.271 e. The molecule has 26 heavy (non-hydrogen) atoms. The minimum absolute atomic E-state index is 0.100. The zero-order valence-electron chi connectivity index (χ0n) is 13.9. The van der Waals surface area contributed by atoms with Gasteiger partial charge in [-0.3, -0.25) is 4.72 Å². The van der Waals surface area contributed by atoms with Crippen molar-refractivity contribution in [3.8, 4) is 11.4 Å². The number of aromatic nitrogens is 2. The van der Waals surface area contributed by atoms with Crippen molar-refractivity contribution in [3.05, 3.63) is 46.9 Å². The third-order valence-corrected chi connectivity index (χ3v) is 7.24. The second kappa shape index (κ2) is 6.48. The molecule has 9 heteroatoms. The van der Waals surface area contributed by atoms with Crippen LogP contribution in [-0.2, 0) is 10.0 Å². The predicted molar refractivity (Wildman–Crippen MR) is 96.1 cm³/mol. The number of hydrogen-bond acceptors (Lipinski definition) is 6. The van der Waals surface area contributed by atoms with Crippen LogP contribution in [0.1, 0.15) is 36.6 Å². The predicted octanol–water partition coefficient (Wildman–Crippen LogP) is 4.31. The molecule has 0 aliphatic heterocycles. The van der Waals surface area contributed by atoms with Crippen LogP contribution in [0, 0.1) is 12.7 Å². The first kappa shape index (κ1) is 17.2. The van der Waals surface area contributed by atoms with Crippen LogP contribution in [0.25, 0.3) is 11.4 Å². The van der Waals surface area contributed by atoms with E-state index in [2.05, 4.69) is 14.9 Å². The average molecular weight is 393 g/mol. The van der Waals surface area contributed by atoms with Crippen LogP contribution in [0.4, 0.5) is 10.1 Å². The smallest absolute Gasteiger partial charge is 0.271 e. The lowest BCUT2D eigenvalue weighted by Crippen LogP contribution is -2.11. The summed E-state index contributed by atoms with van der Waals surface area (Å²) in [5.41, 5.74) is 1.21. The SMILES string of the molecule is Cc1ccc(NS(=O)(=O)c2cc(-c3noc(C4CCC4)n3)cs2)cc1F. The third kappa shape index (κ3) is 3.24. The summed E-state index contributed by atoms with van der Waals surface area (Å²) >= 11 is 1.05. The molecule has 136 valence electrons. The Labute approximate surface area is 154 Å². The van der Waals surface area contributed by atoms with E-state index >= 15 is 0 Å². The molecule has 1 aliphatic rings. The van der Waals surface area contributed by atoms with Crippen molar-refractivity contribution in [2.45, 2.75) is 36.3 Å². The fraction of sp³-hybridized carbons (Fsp3) is 0.294. The van der Waals surface area contributed by atoms with Crippen LogP contribution in [0.2, 0.25) is 0 Å². The largest absolute Gasteiger partial charge is 0.339 e. The molecule has 3 aromatic rings. The van der Waals surface area contributed by atoms with Gasteiger partial charge >= 0.3 is 0 Å². The van der Waals surface area contributed by atoms with Gasteiger partial charge in [0.1, 0.15) is 10.0 Å². The Bertz CT molecular complexity index is 1050. The number of rotatable bonds is 5. The number of nitrogens with one attached hydrogen (secondary N) is 1. The van der Waals surface area contributed by atoms with Gasteiger partial charge in [0.25, 0.3) is 10.0 Å². The Kier molecular flexibility index (Phi) is 4.28. The number of nitrogens with zero attached hydrogens (tertiary/aromatic N) is 2. The zero-order valence-corrected chi connectivity index (χ0v) is 15.5. The van der Waals surface area contributed by atoms with Gasteiger partial charge in [0.15, 0.2) is 0 Å². The minimum Gasteiger partial charge on any atom is -0.339 e. The third-order valence-electron chi connectivity index (χ3n) is 4.42. The Morgan fingerprint density at radius 2 is 2.12 bits per heavy atom.